The molecule has 10 nitrogen and oxygen atoms in total. The van der Waals surface area contributed by atoms with Gasteiger partial charge in [-0.15, -0.1) is 0 Å². The number of allylic oxidation sites excluding steroid dienone is 4. The highest BCUT2D eigenvalue weighted by molar-refractivity contribution is 6.36. The number of fused-ring (bicyclic) bond motifs is 1. The number of imidazole rings is 1. The summed E-state index contributed by atoms with van der Waals surface area (Å²) in [4.78, 5) is 8.67. The van der Waals surface area contributed by atoms with Gasteiger partial charge in [0.25, 0.3) is 0 Å². The van der Waals surface area contributed by atoms with Crippen LogP contribution < -0.4 is 20.7 Å². The fourth-order valence-corrected chi connectivity index (χ4v) is 4.53. The minimum absolute atomic E-state index is 0.0101. The van der Waals surface area contributed by atoms with Gasteiger partial charge in [-0.1, -0.05) is 17.7 Å². The SMILES string of the molecule is Cn1c(Nc2cc(C(F)(F)F)n(C3CCNCC3)n2)nc2ncc(O/C(C=N)=C3\C=CC=CN3)c(Cl)c21. The number of pyridine rings is 1. The fraction of sp³-hybridized carbons (Fsp3) is 0.304. The number of alkyl halides is 3. The zero-order valence-corrected chi connectivity index (χ0v) is 20.4. The Morgan fingerprint density at radius 3 is 2.76 bits per heavy atom. The summed E-state index contributed by atoms with van der Waals surface area (Å²) in [7, 11) is 1.65. The van der Waals surface area contributed by atoms with Gasteiger partial charge in [-0.25, -0.2) is 4.98 Å². The molecule has 194 valence electrons. The first-order valence-electron chi connectivity index (χ1n) is 11.4. The predicted molar refractivity (Wildman–Crippen MR) is 133 cm³/mol. The summed E-state index contributed by atoms with van der Waals surface area (Å²) < 4.78 is 49.8. The topological polar surface area (TPSA) is 118 Å². The molecule has 0 atom stereocenters. The van der Waals surface area contributed by atoms with Crippen molar-refractivity contribution < 1.29 is 17.9 Å². The van der Waals surface area contributed by atoms with E-state index in [1.807, 2.05) is 0 Å². The van der Waals surface area contributed by atoms with E-state index in [9.17, 15) is 13.2 Å². The molecule has 0 bridgehead atoms. The third-order valence-electron chi connectivity index (χ3n) is 6.05. The van der Waals surface area contributed by atoms with Crippen molar-refractivity contribution >= 4 is 40.7 Å². The number of nitrogens with zero attached hydrogens (tertiary/aromatic N) is 5. The van der Waals surface area contributed by atoms with Gasteiger partial charge in [-0.2, -0.15) is 23.3 Å². The number of anilines is 2. The molecular weight excluding hydrogens is 511 g/mol. The first-order chi connectivity index (χ1) is 17.8. The number of aromatic nitrogens is 5. The van der Waals surface area contributed by atoms with Gasteiger partial charge in [0.05, 0.1) is 24.2 Å². The van der Waals surface area contributed by atoms with Gasteiger partial charge >= 0.3 is 6.18 Å². The molecule has 1 fully saturated rings. The maximum absolute atomic E-state index is 13.8. The number of rotatable bonds is 6. The molecule has 37 heavy (non-hydrogen) atoms. The summed E-state index contributed by atoms with van der Waals surface area (Å²) in [6.07, 6.45) is 5.98. The van der Waals surface area contributed by atoms with Gasteiger partial charge < -0.3 is 30.7 Å². The largest absolute Gasteiger partial charge is 0.450 e. The maximum atomic E-state index is 13.8. The van der Waals surface area contributed by atoms with Crippen LogP contribution in [0.5, 0.6) is 5.75 Å². The number of hydrogen-bond acceptors (Lipinski definition) is 8. The molecule has 0 spiro atoms. The van der Waals surface area contributed by atoms with Crippen molar-refractivity contribution in [2.24, 2.45) is 7.05 Å². The molecule has 4 N–H and O–H groups in total. The minimum atomic E-state index is -4.56. The Morgan fingerprint density at radius 1 is 1.30 bits per heavy atom. The number of hydrogen-bond donors (Lipinski definition) is 4. The Morgan fingerprint density at radius 2 is 2.08 bits per heavy atom. The summed E-state index contributed by atoms with van der Waals surface area (Å²) in [5.74, 6) is 0.620. The van der Waals surface area contributed by atoms with Gasteiger partial charge in [0, 0.05) is 19.3 Å². The van der Waals surface area contributed by atoms with Crippen LogP contribution in [0.25, 0.3) is 11.2 Å². The first kappa shape index (κ1) is 24.8. The molecule has 3 aromatic rings. The van der Waals surface area contributed by atoms with Crippen molar-refractivity contribution in [2.45, 2.75) is 25.1 Å². The second kappa shape index (κ2) is 9.90. The standard InChI is InChI=1S/C23H23ClF3N9O/c1-35-20-19(24)16(37-15(11-28)14-4-2-3-7-30-14)12-31-21(20)33-22(35)32-18-10-17(23(25,26)27)36(34-18)13-5-8-29-9-6-13/h2-4,7,10-13,28-30H,5-6,8-9H2,1H3,(H,31,32,33,34)/b15-14+,28-11?. The van der Waals surface area contributed by atoms with E-state index < -0.39 is 11.9 Å². The van der Waals surface area contributed by atoms with Crippen LogP contribution in [0.15, 0.2) is 48.1 Å². The molecule has 0 saturated carbocycles. The van der Waals surface area contributed by atoms with Crippen molar-refractivity contribution in [3.8, 4) is 5.75 Å². The lowest BCUT2D eigenvalue weighted by molar-refractivity contribution is -0.145. The van der Waals surface area contributed by atoms with Gasteiger partial charge in [0.2, 0.25) is 5.95 Å². The zero-order valence-electron chi connectivity index (χ0n) is 19.6. The molecule has 0 aromatic carbocycles. The lowest BCUT2D eigenvalue weighted by atomic mass is 10.1. The smallest absolute Gasteiger partial charge is 0.433 e. The van der Waals surface area contributed by atoms with Gasteiger partial charge in [-0.05, 0) is 38.1 Å². The molecule has 2 aliphatic heterocycles. The average Bonchev–Trinajstić information content (AvgIpc) is 3.47. The van der Waals surface area contributed by atoms with Gasteiger partial charge in [-0.3, -0.25) is 4.68 Å². The molecule has 3 aromatic heterocycles. The number of piperidine rings is 1. The first-order valence-corrected chi connectivity index (χ1v) is 11.8. The number of ether oxygens (including phenoxy) is 1. The minimum Gasteiger partial charge on any atom is -0.450 e. The normalized spacial score (nSPS) is 17.6. The lowest BCUT2D eigenvalue weighted by Crippen LogP contribution is -2.31. The summed E-state index contributed by atoms with van der Waals surface area (Å²) in [5.41, 5.74) is 0.404. The quantitative estimate of drug-likeness (QED) is 0.274. The van der Waals surface area contributed by atoms with E-state index in [2.05, 4.69) is 31.0 Å². The lowest BCUT2D eigenvalue weighted by Gasteiger charge is -2.25. The highest BCUT2D eigenvalue weighted by atomic mass is 35.5. The molecular formula is C23H23ClF3N9O. The highest BCUT2D eigenvalue weighted by Gasteiger charge is 2.38. The average molecular weight is 534 g/mol. The Kier molecular flexibility index (Phi) is 6.65. The number of nitrogens with one attached hydrogen (secondary N) is 4. The summed E-state index contributed by atoms with van der Waals surface area (Å²) in [6, 6.07) is 0.623. The second-order valence-corrected chi connectivity index (χ2v) is 8.83. The van der Waals surface area contributed by atoms with E-state index in [4.69, 9.17) is 21.7 Å². The van der Waals surface area contributed by atoms with E-state index in [-0.39, 0.29) is 40.0 Å². The number of halogens is 4. The van der Waals surface area contributed by atoms with E-state index >= 15 is 0 Å². The van der Waals surface area contributed by atoms with E-state index in [1.54, 1.807) is 36.0 Å². The van der Waals surface area contributed by atoms with Crippen LogP contribution in [0.4, 0.5) is 24.9 Å². The van der Waals surface area contributed by atoms with E-state index in [1.165, 1.54) is 6.20 Å². The Labute approximate surface area is 214 Å². The highest BCUT2D eigenvalue weighted by Crippen LogP contribution is 2.37. The third kappa shape index (κ3) is 4.91. The maximum Gasteiger partial charge on any atom is 0.433 e. The Hall–Kier alpha value is -3.84. The van der Waals surface area contributed by atoms with Crippen LogP contribution in [0.1, 0.15) is 24.6 Å². The van der Waals surface area contributed by atoms with Gasteiger partial charge in [0.1, 0.15) is 16.2 Å². The second-order valence-electron chi connectivity index (χ2n) is 8.45. The molecule has 5 heterocycles. The molecule has 2 aliphatic rings. The van der Waals surface area contributed by atoms with E-state index in [0.717, 1.165) is 17.0 Å². The van der Waals surface area contributed by atoms with Crippen molar-refractivity contribution in [3.05, 3.63) is 58.9 Å². The van der Waals surface area contributed by atoms with Crippen molar-refractivity contribution in [3.63, 3.8) is 0 Å². The summed E-state index contributed by atoms with van der Waals surface area (Å²) in [5, 5.41) is 21.1. The molecule has 1 saturated heterocycles. The van der Waals surface area contributed by atoms with Crippen LogP contribution in [0.2, 0.25) is 5.02 Å². The molecule has 0 unspecified atom stereocenters. The Bertz CT molecular complexity index is 1430. The number of dihydropyridines is 1. The molecule has 0 aliphatic carbocycles. The predicted octanol–water partition coefficient (Wildman–Crippen LogP) is 4.42. The van der Waals surface area contributed by atoms with Crippen molar-refractivity contribution in [1.82, 2.24) is 34.9 Å². The van der Waals surface area contributed by atoms with Crippen LogP contribution >= 0.6 is 11.6 Å². The zero-order chi connectivity index (χ0) is 26.2. The fourth-order valence-electron chi connectivity index (χ4n) is 4.23. The van der Waals surface area contributed by atoms with E-state index in [0.29, 0.717) is 37.1 Å². The van der Waals surface area contributed by atoms with Crippen LogP contribution in [-0.2, 0) is 13.2 Å². The van der Waals surface area contributed by atoms with Crippen molar-refractivity contribution in [2.75, 3.05) is 18.4 Å². The van der Waals surface area contributed by atoms with Crippen molar-refractivity contribution in [1.29, 1.82) is 5.41 Å². The van der Waals surface area contributed by atoms with Crippen LogP contribution in [0, 0.1) is 5.41 Å². The Balaban J connectivity index is 1.47. The van der Waals surface area contributed by atoms with Crippen LogP contribution in [0.3, 0.4) is 0 Å². The molecule has 14 heteroatoms. The monoisotopic (exact) mass is 533 g/mol. The molecule has 0 radical (unpaired) electrons. The summed E-state index contributed by atoms with van der Waals surface area (Å²) >= 11 is 6.62. The van der Waals surface area contributed by atoms with Gasteiger partial charge in [0.15, 0.2) is 23.0 Å². The van der Waals surface area contributed by atoms with Crippen LogP contribution in [-0.4, -0.2) is 43.6 Å². The number of aryl methyl sites for hydroxylation is 1. The third-order valence-corrected chi connectivity index (χ3v) is 6.42. The summed E-state index contributed by atoms with van der Waals surface area (Å²) in [6.45, 7) is 1.26. The molecule has 0 amide bonds. The molecule has 5 rings (SSSR count).